The lowest BCUT2D eigenvalue weighted by Crippen LogP contribution is -2.33. The fourth-order valence-corrected chi connectivity index (χ4v) is 4.03. The number of nitrogens with zero attached hydrogens (tertiary/aromatic N) is 6. The maximum atomic E-state index is 5.22. The summed E-state index contributed by atoms with van der Waals surface area (Å²) in [5.74, 6) is 1.86. The molecule has 0 radical (unpaired) electrons. The highest BCUT2D eigenvalue weighted by molar-refractivity contribution is 7.15. The zero-order chi connectivity index (χ0) is 16.7. The molecule has 1 saturated heterocycles. The van der Waals surface area contributed by atoms with E-state index in [2.05, 4.69) is 39.0 Å². The smallest absolute Gasteiger partial charge is 0.231 e. The number of methoxy groups -OCH3 is 1. The maximum Gasteiger partial charge on any atom is 0.231 e. The van der Waals surface area contributed by atoms with E-state index in [9.17, 15) is 0 Å². The zero-order valence-electron chi connectivity index (χ0n) is 14.1. The van der Waals surface area contributed by atoms with Gasteiger partial charge >= 0.3 is 0 Å². The van der Waals surface area contributed by atoms with E-state index in [1.165, 1.54) is 4.88 Å². The first-order valence-electron chi connectivity index (χ1n) is 8.11. The predicted octanol–water partition coefficient (Wildman–Crippen LogP) is 2.59. The van der Waals surface area contributed by atoms with Gasteiger partial charge in [0.1, 0.15) is 0 Å². The molecule has 0 aliphatic carbocycles. The average Bonchev–Trinajstić information content (AvgIpc) is 3.18. The number of anilines is 1. The molecule has 0 atom stereocenters. The van der Waals surface area contributed by atoms with E-state index in [0.29, 0.717) is 11.8 Å². The van der Waals surface area contributed by atoms with Crippen LogP contribution in [0.5, 0.6) is 5.88 Å². The Labute approximate surface area is 144 Å². The number of piperidine rings is 1. The highest BCUT2D eigenvalue weighted by Gasteiger charge is 2.26. The van der Waals surface area contributed by atoms with Gasteiger partial charge in [-0.1, -0.05) is 0 Å². The molecule has 4 heterocycles. The Kier molecular flexibility index (Phi) is 3.84. The summed E-state index contributed by atoms with van der Waals surface area (Å²) in [5, 5.41) is 14.2. The van der Waals surface area contributed by atoms with Gasteiger partial charge in [-0.25, -0.2) is 4.98 Å². The van der Waals surface area contributed by atoms with Crippen LogP contribution in [-0.2, 0) is 0 Å². The zero-order valence-corrected chi connectivity index (χ0v) is 14.9. The number of thiazole rings is 1. The molecular weight excluding hydrogens is 324 g/mol. The number of ether oxygens (including phenoxy) is 1. The molecule has 3 aromatic heterocycles. The van der Waals surface area contributed by atoms with Crippen LogP contribution >= 0.6 is 11.3 Å². The van der Waals surface area contributed by atoms with Crippen molar-refractivity contribution in [3.8, 4) is 5.88 Å². The van der Waals surface area contributed by atoms with Gasteiger partial charge in [0.2, 0.25) is 5.88 Å². The molecule has 1 aliphatic heterocycles. The summed E-state index contributed by atoms with van der Waals surface area (Å²) in [6.07, 6.45) is 2.05. The third-order valence-electron chi connectivity index (χ3n) is 4.62. The van der Waals surface area contributed by atoms with Gasteiger partial charge < -0.3 is 9.64 Å². The molecule has 0 aromatic carbocycles. The Balaban J connectivity index is 1.53. The normalized spacial score (nSPS) is 16.0. The van der Waals surface area contributed by atoms with Gasteiger partial charge in [-0.2, -0.15) is 4.52 Å². The van der Waals surface area contributed by atoms with Crippen molar-refractivity contribution in [2.24, 2.45) is 0 Å². The van der Waals surface area contributed by atoms with Gasteiger partial charge in [0.15, 0.2) is 16.6 Å². The van der Waals surface area contributed by atoms with Crippen molar-refractivity contribution in [3.05, 3.63) is 28.5 Å². The van der Waals surface area contributed by atoms with Crippen molar-refractivity contribution in [1.29, 1.82) is 0 Å². The fourth-order valence-electron chi connectivity index (χ4n) is 3.07. The largest absolute Gasteiger partial charge is 0.480 e. The Morgan fingerprint density at radius 2 is 1.96 bits per heavy atom. The first kappa shape index (κ1) is 15.3. The number of fused-ring (bicyclic) bond motifs is 1. The van der Waals surface area contributed by atoms with Crippen LogP contribution in [-0.4, -0.2) is 45.0 Å². The molecule has 0 bridgehead atoms. The van der Waals surface area contributed by atoms with E-state index in [4.69, 9.17) is 4.74 Å². The molecule has 4 rings (SSSR count). The number of rotatable bonds is 3. The Morgan fingerprint density at radius 3 is 2.62 bits per heavy atom. The van der Waals surface area contributed by atoms with Crippen molar-refractivity contribution in [2.45, 2.75) is 32.6 Å². The highest BCUT2D eigenvalue weighted by atomic mass is 32.1. The fraction of sp³-hybridized carbons (Fsp3) is 0.500. The molecule has 1 fully saturated rings. The minimum absolute atomic E-state index is 0.359. The predicted molar refractivity (Wildman–Crippen MR) is 93.1 cm³/mol. The molecule has 3 aromatic rings. The second kappa shape index (κ2) is 6.01. The molecule has 7 nitrogen and oxygen atoms in total. The molecule has 0 spiro atoms. The van der Waals surface area contributed by atoms with Crippen molar-refractivity contribution < 1.29 is 4.74 Å². The minimum atomic E-state index is 0.359. The molecule has 0 amide bonds. The van der Waals surface area contributed by atoms with Gasteiger partial charge in [-0.05, 0) is 32.8 Å². The first-order chi connectivity index (χ1) is 11.7. The number of aromatic nitrogens is 5. The lowest BCUT2D eigenvalue weighted by molar-refractivity contribution is 0.387. The summed E-state index contributed by atoms with van der Waals surface area (Å²) < 4.78 is 7.04. The van der Waals surface area contributed by atoms with Crippen molar-refractivity contribution in [2.75, 3.05) is 25.1 Å². The third kappa shape index (κ3) is 2.60. The third-order valence-corrected chi connectivity index (χ3v) is 5.75. The molecular formula is C16H20N6OS. The second-order valence-corrected chi connectivity index (χ2v) is 7.28. The van der Waals surface area contributed by atoms with Crippen LogP contribution in [0.2, 0.25) is 0 Å². The monoisotopic (exact) mass is 344 g/mol. The van der Waals surface area contributed by atoms with Crippen molar-refractivity contribution >= 4 is 22.1 Å². The lowest BCUT2D eigenvalue weighted by Gasteiger charge is -2.30. The SMILES string of the molecule is COc1ccc2nnc(C3CCN(c4nc(C)c(C)s4)CC3)n2n1. The summed E-state index contributed by atoms with van der Waals surface area (Å²) in [7, 11) is 1.62. The molecule has 126 valence electrons. The number of hydrogen-bond donors (Lipinski definition) is 0. The van der Waals surface area contributed by atoms with Gasteiger partial charge in [0.25, 0.3) is 0 Å². The van der Waals surface area contributed by atoms with E-state index >= 15 is 0 Å². The summed E-state index contributed by atoms with van der Waals surface area (Å²) in [6, 6.07) is 3.70. The standard InChI is InChI=1S/C16H20N6OS/c1-10-11(2)24-16(17-10)21-8-6-12(7-9-21)15-19-18-13-4-5-14(23-3)20-22(13)15/h4-5,12H,6-9H2,1-3H3. The minimum Gasteiger partial charge on any atom is -0.480 e. The molecule has 8 heteroatoms. The van der Waals surface area contributed by atoms with Crippen molar-refractivity contribution in [3.63, 3.8) is 0 Å². The Hall–Kier alpha value is -2.22. The first-order valence-corrected chi connectivity index (χ1v) is 8.92. The number of hydrogen-bond acceptors (Lipinski definition) is 7. The van der Waals surface area contributed by atoms with Crippen LogP contribution in [0.25, 0.3) is 5.65 Å². The van der Waals surface area contributed by atoms with Gasteiger partial charge in [0, 0.05) is 30.0 Å². The van der Waals surface area contributed by atoms with E-state index < -0.39 is 0 Å². The number of aryl methyl sites for hydroxylation is 2. The van der Waals surface area contributed by atoms with Crippen LogP contribution < -0.4 is 9.64 Å². The summed E-state index contributed by atoms with van der Waals surface area (Å²) >= 11 is 1.78. The van der Waals surface area contributed by atoms with Crippen LogP contribution in [0.3, 0.4) is 0 Å². The van der Waals surface area contributed by atoms with Crippen molar-refractivity contribution in [1.82, 2.24) is 24.8 Å². The average molecular weight is 344 g/mol. The second-order valence-electron chi connectivity index (χ2n) is 6.10. The molecule has 0 unspecified atom stereocenters. The summed E-state index contributed by atoms with van der Waals surface area (Å²) in [4.78, 5) is 8.35. The maximum absolute atomic E-state index is 5.22. The highest BCUT2D eigenvalue weighted by Crippen LogP contribution is 2.32. The lowest BCUT2D eigenvalue weighted by atomic mass is 9.96. The van der Waals surface area contributed by atoms with Crippen LogP contribution in [0.4, 0.5) is 5.13 Å². The Bertz CT molecular complexity index is 845. The quantitative estimate of drug-likeness (QED) is 0.727. The van der Waals surface area contributed by atoms with E-state index in [0.717, 1.165) is 48.2 Å². The topological polar surface area (TPSA) is 68.4 Å². The Morgan fingerprint density at radius 1 is 1.17 bits per heavy atom. The van der Waals surface area contributed by atoms with Gasteiger partial charge in [0.05, 0.1) is 12.8 Å². The van der Waals surface area contributed by atoms with E-state index in [1.807, 2.05) is 16.6 Å². The van der Waals surface area contributed by atoms with E-state index in [1.54, 1.807) is 18.4 Å². The molecule has 0 saturated carbocycles. The van der Waals surface area contributed by atoms with E-state index in [-0.39, 0.29) is 0 Å². The molecule has 0 N–H and O–H groups in total. The van der Waals surface area contributed by atoms with Crippen LogP contribution in [0, 0.1) is 13.8 Å². The molecule has 1 aliphatic rings. The summed E-state index contributed by atoms with van der Waals surface area (Å²) in [6.45, 7) is 6.17. The molecule has 24 heavy (non-hydrogen) atoms. The van der Waals surface area contributed by atoms with Crippen LogP contribution in [0.15, 0.2) is 12.1 Å². The van der Waals surface area contributed by atoms with Gasteiger partial charge in [-0.3, -0.25) is 0 Å². The summed E-state index contributed by atoms with van der Waals surface area (Å²) in [5.41, 5.74) is 1.90. The van der Waals surface area contributed by atoms with Gasteiger partial charge in [-0.15, -0.1) is 26.6 Å². The van der Waals surface area contributed by atoms with Crippen LogP contribution in [0.1, 0.15) is 35.2 Å².